The minimum atomic E-state index is 0.409. The number of rotatable bonds is 2. The number of hydrogen-bond donors (Lipinski definition) is 1. The second-order valence-corrected chi connectivity index (χ2v) is 2.86. The number of nitrogens with one attached hydrogen (secondary N) is 1. The summed E-state index contributed by atoms with van der Waals surface area (Å²) < 4.78 is 0. The molecule has 0 aliphatic heterocycles. The lowest BCUT2D eigenvalue weighted by molar-refractivity contribution is -0.107. The quantitative estimate of drug-likeness (QED) is 0.693. The highest BCUT2D eigenvalue weighted by atomic mass is 16.1. The highest BCUT2D eigenvalue weighted by molar-refractivity contribution is 5.81. The van der Waals surface area contributed by atoms with E-state index >= 15 is 0 Å². The van der Waals surface area contributed by atoms with Crippen molar-refractivity contribution in [2.45, 2.75) is 13.3 Å². The van der Waals surface area contributed by atoms with E-state index in [4.69, 9.17) is 0 Å². The van der Waals surface area contributed by atoms with Crippen molar-refractivity contribution in [3.8, 4) is 0 Å². The standard InChI is InChI=1S/C9H9N3O/c1-6-10-5-8-7(2-3-13)4-11-9(8)12-6/h3-5H,2H2,1H3,(H,10,11,12). The molecule has 0 aliphatic rings. The van der Waals surface area contributed by atoms with Crippen LogP contribution in [0.3, 0.4) is 0 Å². The molecule has 4 heteroatoms. The molecule has 0 aliphatic carbocycles. The Hall–Kier alpha value is -1.71. The third-order valence-electron chi connectivity index (χ3n) is 1.94. The molecular formula is C9H9N3O. The lowest BCUT2D eigenvalue weighted by Crippen LogP contribution is -1.88. The Bertz CT molecular complexity index is 447. The van der Waals surface area contributed by atoms with Crippen LogP contribution in [0.15, 0.2) is 12.4 Å². The maximum atomic E-state index is 10.3. The summed E-state index contributed by atoms with van der Waals surface area (Å²) in [5.74, 6) is 0.729. The van der Waals surface area contributed by atoms with Crippen molar-refractivity contribution in [1.82, 2.24) is 15.0 Å². The largest absolute Gasteiger partial charge is 0.346 e. The number of aldehydes is 1. The zero-order chi connectivity index (χ0) is 9.26. The van der Waals surface area contributed by atoms with E-state index in [0.717, 1.165) is 28.7 Å². The van der Waals surface area contributed by atoms with Gasteiger partial charge in [0.15, 0.2) is 0 Å². The smallest absolute Gasteiger partial charge is 0.141 e. The molecule has 0 radical (unpaired) electrons. The van der Waals surface area contributed by atoms with Crippen LogP contribution in [0, 0.1) is 6.92 Å². The average molecular weight is 175 g/mol. The van der Waals surface area contributed by atoms with Gasteiger partial charge in [0.25, 0.3) is 0 Å². The molecule has 2 aromatic heterocycles. The third kappa shape index (κ3) is 1.30. The fourth-order valence-corrected chi connectivity index (χ4v) is 1.31. The van der Waals surface area contributed by atoms with Crippen molar-refractivity contribution in [3.05, 3.63) is 23.8 Å². The SMILES string of the molecule is Cc1ncc2c(CC=O)c[nH]c2n1. The van der Waals surface area contributed by atoms with Crippen molar-refractivity contribution >= 4 is 17.3 Å². The van der Waals surface area contributed by atoms with Gasteiger partial charge in [0, 0.05) is 24.2 Å². The number of fused-ring (bicyclic) bond motifs is 1. The van der Waals surface area contributed by atoms with Crippen LogP contribution in [0.1, 0.15) is 11.4 Å². The van der Waals surface area contributed by atoms with Crippen LogP contribution in [0.25, 0.3) is 11.0 Å². The van der Waals surface area contributed by atoms with Gasteiger partial charge >= 0.3 is 0 Å². The Morgan fingerprint density at radius 3 is 3.23 bits per heavy atom. The first-order chi connectivity index (χ1) is 6.31. The molecule has 0 spiro atoms. The van der Waals surface area contributed by atoms with Gasteiger partial charge < -0.3 is 9.78 Å². The van der Waals surface area contributed by atoms with Crippen LogP contribution in [0.2, 0.25) is 0 Å². The molecule has 2 rings (SSSR count). The number of hydrogen-bond acceptors (Lipinski definition) is 3. The van der Waals surface area contributed by atoms with Crippen molar-refractivity contribution in [3.63, 3.8) is 0 Å². The van der Waals surface area contributed by atoms with Crippen molar-refractivity contribution in [2.75, 3.05) is 0 Å². The average Bonchev–Trinajstić information content (AvgIpc) is 2.49. The van der Waals surface area contributed by atoms with E-state index in [1.54, 1.807) is 12.4 Å². The number of carbonyl (C=O) groups excluding carboxylic acids is 1. The summed E-state index contributed by atoms with van der Waals surface area (Å²) in [7, 11) is 0. The molecule has 0 bridgehead atoms. The molecule has 4 nitrogen and oxygen atoms in total. The fraction of sp³-hybridized carbons (Fsp3) is 0.222. The first-order valence-corrected chi connectivity index (χ1v) is 4.04. The Labute approximate surface area is 75.0 Å². The van der Waals surface area contributed by atoms with E-state index in [-0.39, 0.29) is 0 Å². The predicted molar refractivity (Wildman–Crippen MR) is 48.4 cm³/mol. The Balaban J connectivity index is 2.61. The van der Waals surface area contributed by atoms with E-state index in [1.165, 1.54) is 0 Å². The molecule has 0 aromatic carbocycles. The number of aryl methyl sites for hydroxylation is 1. The fourth-order valence-electron chi connectivity index (χ4n) is 1.31. The predicted octanol–water partition coefficient (Wildman–Crippen LogP) is 1.01. The van der Waals surface area contributed by atoms with Gasteiger partial charge in [-0.2, -0.15) is 0 Å². The molecule has 66 valence electrons. The first kappa shape index (κ1) is 7.91. The minimum Gasteiger partial charge on any atom is -0.346 e. The summed E-state index contributed by atoms with van der Waals surface area (Å²) in [4.78, 5) is 21.6. The summed E-state index contributed by atoms with van der Waals surface area (Å²) in [6.07, 6.45) is 4.83. The molecule has 13 heavy (non-hydrogen) atoms. The number of aromatic nitrogens is 3. The van der Waals surface area contributed by atoms with Gasteiger partial charge in [-0.3, -0.25) is 0 Å². The summed E-state index contributed by atoms with van der Waals surface area (Å²) in [6, 6.07) is 0. The Kier molecular flexibility index (Phi) is 1.81. The van der Waals surface area contributed by atoms with Gasteiger partial charge in [-0.05, 0) is 12.5 Å². The van der Waals surface area contributed by atoms with Crippen LogP contribution in [-0.2, 0) is 11.2 Å². The maximum absolute atomic E-state index is 10.3. The van der Waals surface area contributed by atoms with E-state index in [9.17, 15) is 4.79 Å². The van der Waals surface area contributed by atoms with Gasteiger partial charge in [-0.1, -0.05) is 0 Å². The molecule has 0 amide bonds. The molecule has 2 heterocycles. The number of H-pyrrole nitrogens is 1. The lowest BCUT2D eigenvalue weighted by atomic mass is 10.2. The number of nitrogens with zero attached hydrogens (tertiary/aromatic N) is 2. The Morgan fingerprint density at radius 2 is 2.46 bits per heavy atom. The third-order valence-corrected chi connectivity index (χ3v) is 1.94. The lowest BCUT2D eigenvalue weighted by Gasteiger charge is -1.92. The normalized spacial score (nSPS) is 10.5. The topological polar surface area (TPSA) is 58.6 Å². The van der Waals surface area contributed by atoms with Gasteiger partial charge in [0.2, 0.25) is 0 Å². The highest BCUT2D eigenvalue weighted by Gasteiger charge is 2.03. The first-order valence-electron chi connectivity index (χ1n) is 4.04. The van der Waals surface area contributed by atoms with E-state index in [2.05, 4.69) is 15.0 Å². The second-order valence-electron chi connectivity index (χ2n) is 2.86. The zero-order valence-electron chi connectivity index (χ0n) is 7.24. The van der Waals surface area contributed by atoms with Gasteiger partial charge in [0.05, 0.1) is 0 Å². The van der Waals surface area contributed by atoms with Crippen LogP contribution >= 0.6 is 0 Å². The molecule has 0 fully saturated rings. The Morgan fingerprint density at radius 1 is 1.62 bits per heavy atom. The molecule has 0 unspecified atom stereocenters. The highest BCUT2D eigenvalue weighted by Crippen LogP contribution is 2.14. The van der Waals surface area contributed by atoms with Crippen LogP contribution in [0.4, 0.5) is 0 Å². The van der Waals surface area contributed by atoms with Gasteiger partial charge in [-0.15, -0.1) is 0 Å². The summed E-state index contributed by atoms with van der Waals surface area (Å²) in [5.41, 5.74) is 1.74. The van der Waals surface area contributed by atoms with Crippen molar-refractivity contribution < 1.29 is 4.79 Å². The summed E-state index contributed by atoms with van der Waals surface area (Å²) in [6.45, 7) is 1.83. The summed E-state index contributed by atoms with van der Waals surface area (Å²) in [5, 5.41) is 0.928. The molecule has 0 atom stereocenters. The van der Waals surface area contributed by atoms with Crippen molar-refractivity contribution in [1.29, 1.82) is 0 Å². The summed E-state index contributed by atoms with van der Waals surface area (Å²) >= 11 is 0. The van der Waals surface area contributed by atoms with E-state index in [0.29, 0.717) is 6.42 Å². The zero-order valence-corrected chi connectivity index (χ0v) is 7.24. The van der Waals surface area contributed by atoms with Crippen LogP contribution < -0.4 is 0 Å². The van der Waals surface area contributed by atoms with Gasteiger partial charge in [0.1, 0.15) is 17.8 Å². The van der Waals surface area contributed by atoms with Crippen LogP contribution in [0.5, 0.6) is 0 Å². The van der Waals surface area contributed by atoms with Crippen molar-refractivity contribution in [2.24, 2.45) is 0 Å². The molecule has 0 saturated carbocycles. The molecular weight excluding hydrogens is 166 g/mol. The molecule has 2 aromatic rings. The molecule has 1 N–H and O–H groups in total. The maximum Gasteiger partial charge on any atom is 0.141 e. The monoisotopic (exact) mass is 175 g/mol. The van der Waals surface area contributed by atoms with E-state index in [1.807, 2.05) is 6.92 Å². The number of carbonyl (C=O) groups is 1. The van der Waals surface area contributed by atoms with Gasteiger partial charge in [-0.25, -0.2) is 9.97 Å². The minimum absolute atomic E-state index is 0.409. The van der Waals surface area contributed by atoms with E-state index < -0.39 is 0 Å². The van der Waals surface area contributed by atoms with Crippen LogP contribution in [-0.4, -0.2) is 21.2 Å². The second kappa shape index (κ2) is 2.97. The number of aromatic amines is 1. The molecule has 0 saturated heterocycles.